The molecule has 0 spiro atoms. The lowest BCUT2D eigenvalue weighted by molar-refractivity contribution is 0.247. The van der Waals surface area contributed by atoms with Crippen molar-refractivity contribution in [2.24, 2.45) is 12.5 Å². The molecule has 1 aliphatic rings. The number of fused-ring (bicyclic) bond motifs is 2. The molecule has 198 valence electrons. The Kier molecular flexibility index (Phi) is 6.42. The number of hydrogen-bond acceptors (Lipinski definition) is 6. The van der Waals surface area contributed by atoms with Crippen LogP contribution in [-0.4, -0.2) is 31.8 Å². The molecule has 8 nitrogen and oxygen atoms in total. The van der Waals surface area contributed by atoms with Crippen molar-refractivity contribution in [2.45, 2.75) is 32.9 Å². The number of aromatic nitrogens is 4. The van der Waals surface area contributed by atoms with E-state index in [0.29, 0.717) is 17.1 Å². The van der Waals surface area contributed by atoms with Crippen LogP contribution in [0.1, 0.15) is 23.3 Å². The number of nitriles is 1. The van der Waals surface area contributed by atoms with Gasteiger partial charge in [-0.3, -0.25) is 14.3 Å². The molecule has 0 amide bonds. The number of pyridine rings is 1. The van der Waals surface area contributed by atoms with E-state index >= 15 is 0 Å². The van der Waals surface area contributed by atoms with E-state index < -0.39 is 5.41 Å². The molecule has 1 fully saturated rings. The molecule has 0 unspecified atom stereocenters. The fourth-order valence-corrected chi connectivity index (χ4v) is 7.01. The second-order valence-electron chi connectivity index (χ2n) is 10.4. The maximum absolute atomic E-state index is 12.8. The topological polar surface area (TPSA) is 97.6 Å². The van der Waals surface area contributed by atoms with E-state index in [0.717, 1.165) is 63.1 Å². The van der Waals surface area contributed by atoms with E-state index in [4.69, 9.17) is 11.6 Å². The van der Waals surface area contributed by atoms with Crippen molar-refractivity contribution < 1.29 is 0 Å². The number of hydrogen-bond donors (Lipinski definition) is 1. The number of piperidine rings is 1. The number of nitrogens with one attached hydrogen (secondary N) is 1. The van der Waals surface area contributed by atoms with Crippen LogP contribution in [0.4, 0.5) is 0 Å². The normalized spacial score (nSPS) is 15.1. The van der Waals surface area contributed by atoms with Gasteiger partial charge in [-0.05, 0) is 63.2 Å². The SMILES string of the molecule is Cc1cn(C)c(=O)n(Cc2cc3nccc(-c4cc(Cl)cc5ccn(CC6(C#N)CCNCC6)c45)c3s2)c1=O. The van der Waals surface area contributed by atoms with Gasteiger partial charge in [-0.2, -0.15) is 5.26 Å². The number of rotatable bonds is 5. The predicted octanol–water partition coefficient (Wildman–Crippen LogP) is 4.68. The monoisotopic (exact) mass is 558 g/mol. The molecule has 5 heterocycles. The van der Waals surface area contributed by atoms with Gasteiger partial charge >= 0.3 is 5.69 Å². The fourth-order valence-electron chi connectivity index (χ4n) is 5.65. The maximum Gasteiger partial charge on any atom is 0.331 e. The average Bonchev–Trinajstić information content (AvgIpc) is 3.53. The molecule has 10 heteroatoms. The molecule has 1 aliphatic heterocycles. The van der Waals surface area contributed by atoms with Crippen molar-refractivity contribution in [1.82, 2.24) is 24.0 Å². The quantitative estimate of drug-likeness (QED) is 0.338. The molecule has 1 saturated heterocycles. The molecule has 0 aliphatic carbocycles. The van der Waals surface area contributed by atoms with Crippen LogP contribution >= 0.6 is 22.9 Å². The van der Waals surface area contributed by atoms with Crippen LogP contribution in [0, 0.1) is 23.7 Å². The zero-order chi connectivity index (χ0) is 27.3. The molecule has 6 rings (SSSR count). The number of thiophene rings is 1. The largest absolute Gasteiger partial charge is 0.345 e. The molecule has 1 aromatic carbocycles. The van der Waals surface area contributed by atoms with Gasteiger partial charge in [0.15, 0.2) is 0 Å². The Balaban J connectivity index is 1.48. The Morgan fingerprint density at radius 2 is 1.97 bits per heavy atom. The molecule has 0 atom stereocenters. The Bertz CT molecular complexity index is 1870. The standard InChI is InChI=1S/C29H27ClN6O2S/c1-18-14-34(2)28(38)36(27(18)37)15-21-13-24-26(39-21)22(3-7-33-24)23-12-20(30)11-19-4-10-35(25(19)23)17-29(16-31)5-8-32-9-6-29/h3-4,7,10-14,32H,5-6,8-9,15,17H2,1-2H3. The highest BCUT2D eigenvalue weighted by Crippen LogP contribution is 2.40. The van der Waals surface area contributed by atoms with Crippen molar-refractivity contribution in [3.63, 3.8) is 0 Å². The summed E-state index contributed by atoms with van der Waals surface area (Å²) < 4.78 is 5.84. The molecule has 4 aromatic heterocycles. The second-order valence-corrected chi connectivity index (χ2v) is 11.9. The van der Waals surface area contributed by atoms with E-state index in [1.54, 1.807) is 26.4 Å². The van der Waals surface area contributed by atoms with Gasteiger partial charge in [-0.25, -0.2) is 4.79 Å². The predicted molar refractivity (Wildman–Crippen MR) is 155 cm³/mol. The molecule has 0 bridgehead atoms. The summed E-state index contributed by atoms with van der Waals surface area (Å²) in [4.78, 5) is 30.9. The number of halogens is 1. The summed E-state index contributed by atoms with van der Waals surface area (Å²) >= 11 is 8.12. The summed E-state index contributed by atoms with van der Waals surface area (Å²) in [5.41, 5.74) is 3.21. The Morgan fingerprint density at radius 1 is 1.18 bits per heavy atom. The van der Waals surface area contributed by atoms with E-state index in [2.05, 4.69) is 27.0 Å². The third kappa shape index (κ3) is 4.48. The highest BCUT2D eigenvalue weighted by atomic mass is 35.5. The van der Waals surface area contributed by atoms with Crippen LogP contribution in [-0.2, 0) is 20.1 Å². The lowest BCUT2D eigenvalue weighted by atomic mass is 9.80. The lowest BCUT2D eigenvalue weighted by Crippen LogP contribution is -2.39. The molecule has 39 heavy (non-hydrogen) atoms. The molecule has 0 saturated carbocycles. The van der Waals surface area contributed by atoms with Crippen molar-refractivity contribution >= 4 is 44.1 Å². The van der Waals surface area contributed by atoms with Crippen LogP contribution in [0.15, 0.2) is 58.5 Å². The Labute approximate surface area is 233 Å². The summed E-state index contributed by atoms with van der Waals surface area (Å²) in [5.74, 6) is 0. The van der Waals surface area contributed by atoms with Gasteiger partial charge in [0.1, 0.15) is 0 Å². The van der Waals surface area contributed by atoms with Gasteiger partial charge < -0.3 is 14.5 Å². The van der Waals surface area contributed by atoms with Gasteiger partial charge in [0.2, 0.25) is 0 Å². The summed E-state index contributed by atoms with van der Waals surface area (Å²) in [6, 6.07) is 12.5. The molecular weight excluding hydrogens is 532 g/mol. The van der Waals surface area contributed by atoms with Gasteiger partial charge in [0, 0.05) is 64.2 Å². The van der Waals surface area contributed by atoms with Crippen molar-refractivity contribution in [2.75, 3.05) is 13.1 Å². The van der Waals surface area contributed by atoms with Crippen molar-refractivity contribution in [1.29, 1.82) is 5.26 Å². The van der Waals surface area contributed by atoms with Crippen LogP contribution in [0.3, 0.4) is 0 Å². The van der Waals surface area contributed by atoms with Gasteiger partial charge in [0.05, 0.1) is 33.8 Å². The zero-order valence-corrected chi connectivity index (χ0v) is 23.3. The van der Waals surface area contributed by atoms with Gasteiger partial charge in [-0.1, -0.05) is 11.6 Å². The molecule has 5 aromatic rings. The smallest absolute Gasteiger partial charge is 0.331 e. The maximum atomic E-state index is 12.8. The van der Waals surface area contributed by atoms with Crippen LogP contribution in [0.5, 0.6) is 0 Å². The van der Waals surface area contributed by atoms with Crippen molar-refractivity contribution in [3.05, 3.63) is 85.2 Å². The minimum absolute atomic E-state index is 0.174. The second kappa shape index (κ2) is 9.79. The first-order valence-electron chi connectivity index (χ1n) is 12.8. The summed E-state index contributed by atoms with van der Waals surface area (Å²) in [7, 11) is 1.65. The summed E-state index contributed by atoms with van der Waals surface area (Å²) in [6.45, 7) is 4.16. The lowest BCUT2D eigenvalue weighted by Gasteiger charge is -2.32. The Hall–Kier alpha value is -3.71. The minimum Gasteiger partial charge on any atom is -0.345 e. The summed E-state index contributed by atoms with van der Waals surface area (Å²) in [5, 5.41) is 15.1. The summed E-state index contributed by atoms with van der Waals surface area (Å²) in [6.07, 6.45) is 6.99. The van der Waals surface area contributed by atoms with Crippen LogP contribution in [0.2, 0.25) is 5.02 Å². The third-order valence-electron chi connectivity index (χ3n) is 7.67. The molecule has 0 radical (unpaired) electrons. The third-order valence-corrected chi connectivity index (χ3v) is 9.03. The number of nitrogens with zero attached hydrogens (tertiary/aromatic N) is 5. The highest BCUT2D eigenvalue weighted by molar-refractivity contribution is 7.19. The van der Waals surface area contributed by atoms with Gasteiger partial charge in [-0.15, -0.1) is 11.3 Å². The minimum atomic E-state index is -0.426. The van der Waals surface area contributed by atoms with E-state index in [-0.39, 0.29) is 17.8 Å². The van der Waals surface area contributed by atoms with Crippen LogP contribution in [0.25, 0.3) is 32.2 Å². The first-order valence-corrected chi connectivity index (χ1v) is 14.0. The van der Waals surface area contributed by atoms with E-state index in [1.807, 2.05) is 30.5 Å². The first kappa shape index (κ1) is 25.6. The number of benzene rings is 1. The first-order chi connectivity index (χ1) is 18.8. The highest BCUT2D eigenvalue weighted by Gasteiger charge is 2.33. The van der Waals surface area contributed by atoms with Gasteiger partial charge in [0.25, 0.3) is 5.56 Å². The fraction of sp³-hybridized carbons (Fsp3) is 0.310. The van der Waals surface area contributed by atoms with Crippen molar-refractivity contribution in [3.8, 4) is 17.2 Å². The van der Waals surface area contributed by atoms with E-state index in [9.17, 15) is 14.9 Å². The molecular formula is C29H27ClN6O2S. The zero-order valence-electron chi connectivity index (χ0n) is 21.7. The number of aryl methyl sites for hydroxylation is 2. The molecule has 1 N–H and O–H groups in total. The van der Waals surface area contributed by atoms with Crippen LogP contribution < -0.4 is 16.6 Å². The van der Waals surface area contributed by atoms with E-state index in [1.165, 1.54) is 20.5 Å². The average molecular weight is 559 g/mol. The Morgan fingerprint density at radius 3 is 2.74 bits per heavy atom.